The standard InChI is InChI=1S/C22H26O8/c1-12(29-22-21(28)20(27)19(26)17(11-23)30-22)9-13-7-8-15(16(24)10-13)18(25)14-5-3-2-4-6-14/h2-8,10,12,17,19-24,26-28H,9,11H2,1H3/t12?,17-,19-,20+,21-,22-/m1/s1. The number of benzene rings is 2. The van der Waals surface area contributed by atoms with Gasteiger partial charge in [0, 0.05) is 5.56 Å². The number of aliphatic hydroxyl groups is 4. The molecule has 3 rings (SSSR count). The van der Waals surface area contributed by atoms with E-state index >= 15 is 0 Å². The molecule has 162 valence electrons. The highest BCUT2D eigenvalue weighted by molar-refractivity contribution is 6.10. The number of carbonyl (C=O) groups excluding carboxylic acids is 1. The predicted octanol–water partition coefficient (Wildman–Crippen LogP) is 0.371. The van der Waals surface area contributed by atoms with Gasteiger partial charge in [-0.3, -0.25) is 4.79 Å². The molecule has 0 aromatic heterocycles. The summed E-state index contributed by atoms with van der Waals surface area (Å²) in [5, 5.41) is 49.3. The summed E-state index contributed by atoms with van der Waals surface area (Å²) in [6.07, 6.45) is -6.91. The molecule has 1 fully saturated rings. The van der Waals surface area contributed by atoms with Gasteiger partial charge in [-0.25, -0.2) is 0 Å². The van der Waals surface area contributed by atoms with E-state index in [1.54, 1.807) is 49.4 Å². The third-order valence-corrected chi connectivity index (χ3v) is 5.08. The molecule has 8 heteroatoms. The molecule has 2 aromatic rings. The van der Waals surface area contributed by atoms with Crippen LogP contribution in [-0.2, 0) is 15.9 Å². The predicted molar refractivity (Wildman–Crippen MR) is 106 cm³/mol. The van der Waals surface area contributed by atoms with Crippen LogP contribution in [0, 0.1) is 0 Å². The van der Waals surface area contributed by atoms with Gasteiger partial charge in [0.2, 0.25) is 0 Å². The summed E-state index contributed by atoms with van der Waals surface area (Å²) < 4.78 is 11.0. The first-order valence-corrected chi connectivity index (χ1v) is 9.69. The Hall–Kier alpha value is -2.33. The second-order valence-electron chi connectivity index (χ2n) is 7.39. The highest BCUT2D eigenvalue weighted by Crippen LogP contribution is 2.26. The van der Waals surface area contributed by atoms with E-state index in [4.69, 9.17) is 9.47 Å². The van der Waals surface area contributed by atoms with E-state index in [1.165, 1.54) is 6.07 Å². The van der Waals surface area contributed by atoms with Gasteiger partial charge in [0.05, 0.1) is 18.3 Å². The number of carbonyl (C=O) groups is 1. The van der Waals surface area contributed by atoms with Crippen LogP contribution in [0.5, 0.6) is 5.75 Å². The number of hydrogen-bond donors (Lipinski definition) is 5. The second-order valence-corrected chi connectivity index (χ2v) is 7.39. The topological polar surface area (TPSA) is 137 Å². The quantitative estimate of drug-likeness (QED) is 0.407. The Morgan fingerprint density at radius 3 is 2.40 bits per heavy atom. The van der Waals surface area contributed by atoms with Gasteiger partial charge in [0.1, 0.15) is 30.2 Å². The largest absolute Gasteiger partial charge is 0.507 e. The number of ketones is 1. The SMILES string of the molecule is CC(Cc1ccc(C(=O)c2ccccc2)c(O)c1)O[C@@H]1O[C@H](CO)[C@@H](O)[C@H](O)[C@H]1O. The summed E-state index contributed by atoms with van der Waals surface area (Å²) in [5.41, 5.74) is 1.35. The van der Waals surface area contributed by atoms with Crippen LogP contribution in [0.3, 0.4) is 0 Å². The minimum absolute atomic E-state index is 0.151. The number of ether oxygens (including phenoxy) is 2. The smallest absolute Gasteiger partial charge is 0.196 e. The fraction of sp³-hybridized carbons (Fsp3) is 0.409. The van der Waals surface area contributed by atoms with E-state index < -0.39 is 43.4 Å². The zero-order chi connectivity index (χ0) is 21.8. The second kappa shape index (κ2) is 9.65. The lowest BCUT2D eigenvalue weighted by atomic mass is 9.98. The van der Waals surface area contributed by atoms with Crippen molar-refractivity contribution in [3.05, 3.63) is 65.2 Å². The number of rotatable bonds is 7. The van der Waals surface area contributed by atoms with Gasteiger partial charge >= 0.3 is 0 Å². The van der Waals surface area contributed by atoms with Gasteiger partial charge in [-0.2, -0.15) is 0 Å². The summed E-state index contributed by atoms with van der Waals surface area (Å²) in [7, 11) is 0. The average molecular weight is 418 g/mol. The first-order chi connectivity index (χ1) is 14.3. The number of aliphatic hydroxyl groups excluding tert-OH is 4. The zero-order valence-corrected chi connectivity index (χ0v) is 16.5. The number of phenols is 1. The van der Waals surface area contributed by atoms with Gasteiger partial charge in [-0.15, -0.1) is 0 Å². The van der Waals surface area contributed by atoms with Crippen molar-refractivity contribution in [1.29, 1.82) is 0 Å². The Labute approximate surface area is 173 Å². The van der Waals surface area contributed by atoms with Gasteiger partial charge in [0.15, 0.2) is 12.1 Å². The van der Waals surface area contributed by atoms with E-state index in [9.17, 15) is 30.3 Å². The maximum Gasteiger partial charge on any atom is 0.196 e. The monoisotopic (exact) mass is 418 g/mol. The molecule has 1 heterocycles. The lowest BCUT2D eigenvalue weighted by Gasteiger charge is -2.40. The van der Waals surface area contributed by atoms with Crippen molar-refractivity contribution >= 4 is 5.78 Å². The number of phenolic OH excluding ortho intramolecular Hbond substituents is 1. The molecule has 0 bridgehead atoms. The zero-order valence-electron chi connectivity index (χ0n) is 16.5. The minimum Gasteiger partial charge on any atom is -0.507 e. The van der Waals surface area contributed by atoms with E-state index in [0.717, 1.165) is 0 Å². The van der Waals surface area contributed by atoms with E-state index in [-0.39, 0.29) is 17.1 Å². The van der Waals surface area contributed by atoms with Crippen molar-refractivity contribution < 1.29 is 39.8 Å². The van der Waals surface area contributed by atoms with Gasteiger partial charge < -0.3 is 35.0 Å². The van der Waals surface area contributed by atoms with Crippen LogP contribution in [0.1, 0.15) is 28.4 Å². The van der Waals surface area contributed by atoms with E-state index in [2.05, 4.69) is 0 Å². The Morgan fingerprint density at radius 2 is 1.77 bits per heavy atom. The van der Waals surface area contributed by atoms with E-state index in [0.29, 0.717) is 17.5 Å². The fourth-order valence-electron chi connectivity index (χ4n) is 3.43. The Bertz CT molecular complexity index is 853. The maximum absolute atomic E-state index is 12.5. The fourth-order valence-corrected chi connectivity index (χ4v) is 3.43. The molecule has 0 radical (unpaired) electrons. The van der Waals surface area contributed by atoms with Crippen LogP contribution in [0.2, 0.25) is 0 Å². The third-order valence-electron chi connectivity index (χ3n) is 5.08. The summed E-state index contributed by atoms with van der Waals surface area (Å²) in [6, 6.07) is 13.4. The van der Waals surface area contributed by atoms with Crippen molar-refractivity contribution in [3.8, 4) is 5.75 Å². The highest BCUT2D eigenvalue weighted by Gasteiger charge is 2.44. The van der Waals surface area contributed by atoms with Crippen molar-refractivity contribution in [2.24, 2.45) is 0 Å². The summed E-state index contributed by atoms with van der Waals surface area (Å²) in [5.74, 6) is -0.438. The van der Waals surface area contributed by atoms with Crippen molar-refractivity contribution in [1.82, 2.24) is 0 Å². The first kappa shape index (κ1) is 22.4. The molecule has 30 heavy (non-hydrogen) atoms. The van der Waals surface area contributed by atoms with Crippen LogP contribution in [0.15, 0.2) is 48.5 Å². The van der Waals surface area contributed by atoms with Crippen LogP contribution < -0.4 is 0 Å². The van der Waals surface area contributed by atoms with Gasteiger partial charge in [-0.1, -0.05) is 36.4 Å². The third kappa shape index (κ3) is 4.86. The Kier molecular flexibility index (Phi) is 7.19. The van der Waals surface area contributed by atoms with Crippen LogP contribution in [0.4, 0.5) is 0 Å². The minimum atomic E-state index is -1.51. The van der Waals surface area contributed by atoms with E-state index in [1.807, 2.05) is 0 Å². The van der Waals surface area contributed by atoms with Crippen LogP contribution in [0.25, 0.3) is 0 Å². The molecule has 1 saturated heterocycles. The molecule has 1 unspecified atom stereocenters. The molecule has 2 aromatic carbocycles. The first-order valence-electron chi connectivity index (χ1n) is 9.69. The average Bonchev–Trinajstić information content (AvgIpc) is 2.74. The molecule has 0 saturated carbocycles. The van der Waals surface area contributed by atoms with Crippen molar-refractivity contribution in [2.75, 3.05) is 6.61 Å². The molecule has 5 N–H and O–H groups in total. The molecule has 6 atom stereocenters. The number of aromatic hydroxyl groups is 1. The summed E-state index contributed by atoms with van der Waals surface area (Å²) in [4.78, 5) is 12.5. The Balaban J connectivity index is 1.65. The molecule has 1 aliphatic heterocycles. The summed E-state index contributed by atoms with van der Waals surface area (Å²) >= 11 is 0. The summed E-state index contributed by atoms with van der Waals surface area (Å²) in [6.45, 7) is 1.17. The molecule has 0 amide bonds. The van der Waals surface area contributed by atoms with Crippen LogP contribution in [-0.4, -0.2) is 74.7 Å². The van der Waals surface area contributed by atoms with Gasteiger partial charge in [-0.05, 0) is 31.0 Å². The lowest BCUT2D eigenvalue weighted by Crippen LogP contribution is -2.59. The molecule has 0 spiro atoms. The lowest BCUT2D eigenvalue weighted by molar-refractivity contribution is -0.309. The van der Waals surface area contributed by atoms with Crippen molar-refractivity contribution in [2.45, 2.75) is 50.2 Å². The number of hydrogen-bond acceptors (Lipinski definition) is 8. The Morgan fingerprint density at radius 1 is 1.07 bits per heavy atom. The molecular weight excluding hydrogens is 392 g/mol. The van der Waals surface area contributed by atoms with Crippen molar-refractivity contribution in [3.63, 3.8) is 0 Å². The normalized spacial score (nSPS) is 27.6. The molecule has 1 aliphatic rings. The van der Waals surface area contributed by atoms with Gasteiger partial charge in [0.25, 0.3) is 0 Å². The molecule has 8 nitrogen and oxygen atoms in total. The van der Waals surface area contributed by atoms with Crippen LogP contribution >= 0.6 is 0 Å². The maximum atomic E-state index is 12.5. The highest BCUT2D eigenvalue weighted by atomic mass is 16.7. The molecular formula is C22H26O8. The molecule has 0 aliphatic carbocycles.